The SMILES string of the molecule is CC(C)(C)c1ccc(/C=N\NC(=O)CCCCCCCC(=O)N/N=C\c2ccc(C(C)(C)C)cc2)cc1. The molecular formula is C31H44N4O2. The Labute approximate surface area is 223 Å². The molecule has 0 heterocycles. The first kappa shape index (κ1) is 29.9. The van der Waals surface area contributed by atoms with Crippen molar-refractivity contribution in [3.63, 3.8) is 0 Å². The molecule has 6 nitrogen and oxygen atoms in total. The van der Waals surface area contributed by atoms with Crippen LogP contribution in [0.1, 0.15) is 109 Å². The van der Waals surface area contributed by atoms with Gasteiger partial charge >= 0.3 is 0 Å². The quantitative estimate of drug-likeness (QED) is 0.194. The van der Waals surface area contributed by atoms with E-state index in [4.69, 9.17) is 0 Å². The maximum atomic E-state index is 12.0. The molecule has 0 saturated carbocycles. The lowest BCUT2D eigenvalue weighted by Crippen LogP contribution is -2.17. The molecule has 0 fully saturated rings. The van der Waals surface area contributed by atoms with Gasteiger partial charge in [0.15, 0.2) is 0 Å². The summed E-state index contributed by atoms with van der Waals surface area (Å²) in [4.78, 5) is 23.9. The van der Waals surface area contributed by atoms with Gasteiger partial charge in [0.05, 0.1) is 12.4 Å². The van der Waals surface area contributed by atoms with E-state index in [-0.39, 0.29) is 22.6 Å². The number of unbranched alkanes of at least 4 members (excludes halogenated alkanes) is 4. The summed E-state index contributed by atoms with van der Waals surface area (Å²) in [6, 6.07) is 16.4. The largest absolute Gasteiger partial charge is 0.273 e. The lowest BCUT2D eigenvalue weighted by molar-refractivity contribution is -0.121. The normalized spacial score (nSPS) is 12.3. The van der Waals surface area contributed by atoms with Crippen LogP contribution >= 0.6 is 0 Å². The van der Waals surface area contributed by atoms with Crippen LogP contribution in [-0.4, -0.2) is 24.2 Å². The number of rotatable bonds is 12. The van der Waals surface area contributed by atoms with E-state index < -0.39 is 0 Å². The van der Waals surface area contributed by atoms with Crippen molar-refractivity contribution in [1.82, 2.24) is 10.9 Å². The Balaban J connectivity index is 1.52. The van der Waals surface area contributed by atoms with Gasteiger partial charge in [-0.15, -0.1) is 0 Å². The van der Waals surface area contributed by atoms with Crippen LogP contribution in [0.15, 0.2) is 58.7 Å². The van der Waals surface area contributed by atoms with E-state index in [9.17, 15) is 9.59 Å². The Morgan fingerprint density at radius 3 is 1.24 bits per heavy atom. The van der Waals surface area contributed by atoms with E-state index >= 15 is 0 Å². The molecule has 0 radical (unpaired) electrons. The fourth-order valence-corrected chi connectivity index (χ4v) is 3.71. The van der Waals surface area contributed by atoms with Crippen LogP contribution in [0, 0.1) is 0 Å². The molecule has 200 valence electrons. The molecule has 2 N–H and O–H groups in total. The van der Waals surface area contributed by atoms with Gasteiger partial charge in [0, 0.05) is 12.8 Å². The van der Waals surface area contributed by atoms with Gasteiger partial charge in [0.2, 0.25) is 11.8 Å². The highest BCUT2D eigenvalue weighted by Crippen LogP contribution is 2.22. The fourth-order valence-electron chi connectivity index (χ4n) is 3.71. The summed E-state index contributed by atoms with van der Waals surface area (Å²) in [6.45, 7) is 13.1. The molecule has 0 spiro atoms. The number of carbonyl (C=O) groups is 2. The van der Waals surface area contributed by atoms with Crippen molar-refractivity contribution in [3.8, 4) is 0 Å². The van der Waals surface area contributed by atoms with E-state index in [0.29, 0.717) is 12.8 Å². The maximum Gasteiger partial charge on any atom is 0.240 e. The number of hydrogen-bond acceptors (Lipinski definition) is 4. The van der Waals surface area contributed by atoms with Gasteiger partial charge in [-0.3, -0.25) is 9.59 Å². The Morgan fingerprint density at radius 1 is 0.595 bits per heavy atom. The smallest absolute Gasteiger partial charge is 0.240 e. The summed E-state index contributed by atoms with van der Waals surface area (Å²) in [5.74, 6) is -0.152. The van der Waals surface area contributed by atoms with Crippen LogP contribution in [0.2, 0.25) is 0 Å². The van der Waals surface area contributed by atoms with Crippen molar-refractivity contribution in [1.29, 1.82) is 0 Å². The van der Waals surface area contributed by atoms with Crippen LogP contribution < -0.4 is 10.9 Å². The second-order valence-electron chi connectivity index (χ2n) is 11.6. The van der Waals surface area contributed by atoms with E-state index in [2.05, 4.69) is 86.9 Å². The first-order valence-electron chi connectivity index (χ1n) is 13.3. The molecule has 0 aliphatic heterocycles. The van der Waals surface area contributed by atoms with Gasteiger partial charge in [0.25, 0.3) is 0 Å². The molecule has 0 atom stereocenters. The summed E-state index contributed by atoms with van der Waals surface area (Å²) >= 11 is 0. The molecule has 2 aromatic rings. The third-order valence-electron chi connectivity index (χ3n) is 6.17. The summed E-state index contributed by atoms with van der Waals surface area (Å²) in [5.41, 5.74) is 9.87. The first-order valence-corrected chi connectivity index (χ1v) is 13.3. The van der Waals surface area contributed by atoms with Crippen LogP contribution in [0.25, 0.3) is 0 Å². The molecule has 2 amide bonds. The minimum atomic E-state index is -0.0761. The third kappa shape index (κ3) is 12.0. The van der Waals surface area contributed by atoms with Gasteiger partial charge in [-0.2, -0.15) is 10.2 Å². The van der Waals surface area contributed by atoms with Crippen LogP contribution in [0.5, 0.6) is 0 Å². The zero-order valence-electron chi connectivity index (χ0n) is 23.4. The predicted molar refractivity (Wildman–Crippen MR) is 154 cm³/mol. The summed E-state index contributed by atoms with van der Waals surface area (Å²) in [7, 11) is 0. The van der Waals surface area contributed by atoms with Crippen LogP contribution in [0.4, 0.5) is 0 Å². The molecule has 0 unspecified atom stereocenters. The van der Waals surface area contributed by atoms with E-state index in [1.807, 2.05) is 24.3 Å². The lowest BCUT2D eigenvalue weighted by Gasteiger charge is -2.18. The van der Waals surface area contributed by atoms with Crippen LogP contribution in [-0.2, 0) is 20.4 Å². The first-order chi connectivity index (χ1) is 17.4. The summed E-state index contributed by atoms with van der Waals surface area (Å²) in [6.07, 6.45) is 8.76. The van der Waals surface area contributed by atoms with Crippen molar-refractivity contribution in [2.24, 2.45) is 10.2 Å². The second-order valence-corrected chi connectivity index (χ2v) is 11.6. The minimum Gasteiger partial charge on any atom is -0.273 e. The number of hydrogen-bond donors (Lipinski definition) is 2. The van der Waals surface area contributed by atoms with Crippen molar-refractivity contribution < 1.29 is 9.59 Å². The van der Waals surface area contributed by atoms with E-state index in [1.165, 1.54) is 11.1 Å². The fraction of sp³-hybridized carbons (Fsp3) is 0.484. The van der Waals surface area contributed by atoms with Crippen LogP contribution in [0.3, 0.4) is 0 Å². The topological polar surface area (TPSA) is 82.9 Å². The number of amides is 2. The van der Waals surface area contributed by atoms with Gasteiger partial charge in [-0.25, -0.2) is 10.9 Å². The van der Waals surface area contributed by atoms with E-state index in [0.717, 1.165) is 43.2 Å². The molecule has 0 aliphatic carbocycles. The standard InChI is InChI=1S/C31H44N4O2/c1-30(2,3)26-18-14-24(15-19-26)22-32-34-28(36)12-10-8-7-9-11-13-29(37)35-33-23-25-16-20-27(21-17-25)31(4,5)6/h14-23H,7-13H2,1-6H3,(H,34,36)(H,35,37)/b32-22-,33-23-. The molecule has 2 aromatic carbocycles. The maximum absolute atomic E-state index is 12.0. The summed E-state index contributed by atoms with van der Waals surface area (Å²) < 4.78 is 0. The highest BCUT2D eigenvalue weighted by atomic mass is 16.2. The monoisotopic (exact) mass is 504 g/mol. The molecule has 0 saturated heterocycles. The van der Waals surface area contributed by atoms with Gasteiger partial charge < -0.3 is 0 Å². The molecule has 37 heavy (non-hydrogen) atoms. The molecule has 0 aromatic heterocycles. The van der Waals surface area contributed by atoms with Crippen molar-refractivity contribution in [3.05, 3.63) is 70.8 Å². The highest BCUT2D eigenvalue weighted by Gasteiger charge is 2.13. The molecule has 2 rings (SSSR count). The average Bonchev–Trinajstić information content (AvgIpc) is 2.83. The average molecular weight is 505 g/mol. The number of benzene rings is 2. The van der Waals surface area contributed by atoms with Crippen molar-refractivity contribution in [2.45, 2.75) is 97.3 Å². The molecule has 0 bridgehead atoms. The van der Waals surface area contributed by atoms with E-state index in [1.54, 1.807) is 12.4 Å². The Hall–Kier alpha value is -3.28. The zero-order chi connectivity index (χ0) is 27.3. The zero-order valence-corrected chi connectivity index (χ0v) is 23.4. The number of nitrogens with zero attached hydrogens (tertiary/aromatic N) is 2. The van der Waals surface area contributed by atoms with Gasteiger partial charge in [-0.05, 0) is 45.9 Å². The lowest BCUT2D eigenvalue weighted by atomic mass is 9.87. The number of nitrogens with one attached hydrogen (secondary N) is 2. The van der Waals surface area contributed by atoms with Crippen molar-refractivity contribution >= 4 is 24.2 Å². The summed E-state index contributed by atoms with van der Waals surface area (Å²) in [5, 5.41) is 8.12. The molecular weight excluding hydrogens is 460 g/mol. The Morgan fingerprint density at radius 2 is 0.919 bits per heavy atom. The highest BCUT2D eigenvalue weighted by molar-refractivity contribution is 5.83. The predicted octanol–water partition coefficient (Wildman–Crippen LogP) is 6.61. The molecule has 6 heteroatoms. The minimum absolute atomic E-state index is 0.0761. The van der Waals surface area contributed by atoms with Crippen molar-refractivity contribution in [2.75, 3.05) is 0 Å². The van der Waals surface area contributed by atoms with Gasteiger partial charge in [0.1, 0.15) is 0 Å². The Bertz CT molecular complexity index is 955. The second kappa shape index (κ2) is 14.5. The number of hydrazone groups is 2. The van der Waals surface area contributed by atoms with Gasteiger partial charge in [-0.1, -0.05) is 109 Å². The number of carbonyl (C=O) groups excluding carboxylic acids is 2. The third-order valence-corrected chi connectivity index (χ3v) is 6.17. The Kier molecular flexibility index (Phi) is 11.7. The molecule has 0 aliphatic rings.